The summed E-state index contributed by atoms with van der Waals surface area (Å²) in [6.07, 6.45) is 1.05. The number of rotatable bonds is 4. The van der Waals surface area contributed by atoms with Crippen molar-refractivity contribution in [2.75, 3.05) is 18.9 Å². The van der Waals surface area contributed by atoms with Gasteiger partial charge in [-0.05, 0) is 25.0 Å². The van der Waals surface area contributed by atoms with E-state index in [-0.39, 0.29) is 23.8 Å². The summed E-state index contributed by atoms with van der Waals surface area (Å²) in [6, 6.07) is 8.13. The first-order valence-electron chi connectivity index (χ1n) is 6.94. The van der Waals surface area contributed by atoms with Crippen molar-refractivity contribution in [3.05, 3.63) is 29.8 Å². The van der Waals surface area contributed by atoms with Gasteiger partial charge >= 0.3 is 0 Å². The van der Waals surface area contributed by atoms with E-state index in [2.05, 4.69) is 16.0 Å². The Morgan fingerprint density at radius 3 is 2.85 bits per heavy atom. The molecule has 0 aromatic heterocycles. The largest absolute Gasteiger partial charge is 0.382 e. The molecule has 0 aliphatic carbocycles. The van der Waals surface area contributed by atoms with Crippen molar-refractivity contribution in [1.29, 1.82) is 0 Å². The summed E-state index contributed by atoms with van der Waals surface area (Å²) in [6.45, 7) is 2.39. The lowest BCUT2D eigenvalue weighted by Gasteiger charge is -2.31. The number of carbonyl (C=O) groups is 2. The van der Waals surface area contributed by atoms with Gasteiger partial charge in [0.15, 0.2) is 0 Å². The van der Waals surface area contributed by atoms with Crippen LogP contribution in [0.3, 0.4) is 0 Å². The molecule has 108 valence electrons. The van der Waals surface area contributed by atoms with Gasteiger partial charge in [0.2, 0.25) is 11.8 Å². The number of hydrogen-bond acceptors (Lipinski definition) is 3. The Labute approximate surface area is 119 Å². The smallest absolute Gasteiger partial charge is 0.225 e. The Bertz CT molecular complexity index is 502. The lowest BCUT2D eigenvalue weighted by atomic mass is 9.87. The van der Waals surface area contributed by atoms with Crippen LogP contribution in [0.2, 0.25) is 0 Å². The summed E-state index contributed by atoms with van der Waals surface area (Å²) >= 11 is 0. The van der Waals surface area contributed by atoms with Gasteiger partial charge in [-0.2, -0.15) is 0 Å². The fraction of sp³-hybridized carbons (Fsp3) is 0.467. The predicted octanol–water partition coefficient (Wildman–Crippen LogP) is 0.912. The molecule has 1 aliphatic rings. The number of para-hydroxylation sites is 1. The van der Waals surface area contributed by atoms with E-state index >= 15 is 0 Å². The van der Waals surface area contributed by atoms with Crippen LogP contribution >= 0.6 is 0 Å². The molecule has 1 aliphatic heterocycles. The van der Waals surface area contributed by atoms with E-state index in [9.17, 15) is 9.59 Å². The highest BCUT2D eigenvalue weighted by molar-refractivity contribution is 5.82. The molecule has 2 unspecified atom stereocenters. The maximum Gasteiger partial charge on any atom is 0.225 e. The molecule has 2 amide bonds. The third-order valence-corrected chi connectivity index (χ3v) is 3.71. The van der Waals surface area contributed by atoms with Gasteiger partial charge in [0.25, 0.3) is 0 Å². The minimum atomic E-state index is -0.102. The van der Waals surface area contributed by atoms with E-state index < -0.39 is 0 Å². The topological polar surface area (TPSA) is 70.2 Å². The monoisotopic (exact) mass is 275 g/mol. The average molecular weight is 275 g/mol. The Balaban J connectivity index is 1.92. The maximum absolute atomic E-state index is 12.2. The van der Waals surface area contributed by atoms with E-state index in [1.165, 1.54) is 0 Å². The van der Waals surface area contributed by atoms with Crippen LogP contribution in [-0.4, -0.2) is 31.4 Å². The summed E-state index contributed by atoms with van der Waals surface area (Å²) in [4.78, 5) is 23.3. The highest BCUT2D eigenvalue weighted by atomic mass is 16.2. The Hall–Kier alpha value is -2.04. The molecule has 0 radical (unpaired) electrons. The summed E-state index contributed by atoms with van der Waals surface area (Å²) in [5.41, 5.74) is 2.27. The third-order valence-electron chi connectivity index (χ3n) is 3.71. The summed E-state index contributed by atoms with van der Waals surface area (Å²) in [5.74, 6) is -0.163. The summed E-state index contributed by atoms with van der Waals surface area (Å²) in [7, 11) is 1.59. The van der Waals surface area contributed by atoms with E-state index in [1.54, 1.807) is 7.05 Å². The highest BCUT2D eigenvalue weighted by Gasteiger charge is 2.30. The van der Waals surface area contributed by atoms with Crippen LogP contribution in [0.25, 0.3) is 0 Å². The third kappa shape index (κ3) is 3.29. The van der Waals surface area contributed by atoms with E-state index in [0.29, 0.717) is 13.0 Å². The van der Waals surface area contributed by atoms with Gasteiger partial charge < -0.3 is 16.0 Å². The van der Waals surface area contributed by atoms with Gasteiger partial charge in [0.05, 0.1) is 5.92 Å². The molecule has 0 fully saturated rings. The first kappa shape index (κ1) is 14.4. The van der Waals surface area contributed by atoms with Gasteiger partial charge in [-0.15, -0.1) is 0 Å². The molecule has 20 heavy (non-hydrogen) atoms. The number of anilines is 1. The molecule has 0 bridgehead atoms. The quantitative estimate of drug-likeness (QED) is 0.765. The Morgan fingerprint density at radius 1 is 1.35 bits per heavy atom. The van der Waals surface area contributed by atoms with Crippen molar-refractivity contribution >= 4 is 17.5 Å². The number of hydrogen-bond donors (Lipinski definition) is 3. The molecule has 2 rings (SSSR count). The van der Waals surface area contributed by atoms with Crippen molar-refractivity contribution in [3.8, 4) is 0 Å². The maximum atomic E-state index is 12.2. The SMILES string of the molecule is CNC(=O)CCNC(=O)C1Cc2ccccc2NC1C. The second kappa shape index (κ2) is 6.41. The van der Waals surface area contributed by atoms with Crippen molar-refractivity contribution in [3.63, 3.8) is 0 Å². The number of benzene rings is 1. The van der Waals surface area contributed by atoms with Crippen LogP contribution in [0.5, 0.6) is 0 Å². The minimum absolute atomic E-state index is 0.00315. The average Bonchev–Trinajstić information content (AvgIpc) is 2.46. The number of nitrogens with one attached hydrogen (secondary N) is 3. The number of amides is 2. The highest BCUT2D eigenvalue weighted by Crippen LogP contribution is 2.28. The Kier molecular flexibility index (Phi) is 4.61. The zero-order chi connectivity index (χ0) is 14.5. The molecule has 1 heterocycles. The van der Waals surface area contributed by atoms with E-state index in [4.69, 9.17) is 0 Å². The zero-order valence-corrected chi connectivity index (χ0v) is 11.9. The molecule has 3 N–H and O–H groups in total. The minimum Gasteiger partial charge on any atom is -0.382 e. The van der Waals surface area contributed by atoms with Gasteiger partial charge in [-0.25, -0.2) is 0 Å². The predicted molar refractivity (Wildman–Crippen MR) is 78.4 cm³/mol. The molecule has 5 nitrogen and oxygen atoms in total. The van der Waals surface area contributed by atoms with Crippen molar-refractivity contribution in [2.45, 2.75) is 25.8 Å². The Morgan fingerprint density at radius 2 is 2.10 bits per heavy atom. The molecule has 0 saturated carbocycles. The lowest BCUT2D eigenvalue weighted by Crippen LogP contribution is -2.44. The standard InChI is InChI=1S/C15H21N3O2/c1-10-12(15(20)17-8-7-14(19)16-2)9-11-5-3-4-6-13(11)18-10/h3-6,10,12,18H,7-9H2,1-2H3,(H,16,19)(H,17,20). The van der Waals surface area contributed by atoms with Crippen molar-refractivity contribution in [2.24, 2.45) is 5.92 Å². The molecular weight excluding hydrogens is 254 g/mol. The van der Waals surface area contributed by atoms with Crippen molar-refractivity contribution < 1.29 is 9.59 Å². The second-order valence-electron chi connectivity index (χ2n) is 5.11. The van der Waals surface area contributed by atoms with Crippen LogP contribution in [-0.2, 0) is 16.0 Å². The molecule has 1 aromatic rings. The van der Waals surface area contributed by atoms with E-state index in [0.717, 1.165) is 17.7 Å². The number of carbonyl (C=O) groups excluding carboxylic acids is 2. The van der Waals surface area contributed by atoms with Crippen LogP contribution in [0, 0.1) is 5.92 Å². The van der Waals surface area contributed by atoms with Gasteiger partial charge in [-0.1, -0.05) is 18.2 Å². The van der Waals surface area contributed by atoms with Crippen LogP contribution in [0.1, 0.15) is 18.9 Å². The molecular formula is C15H21N3O2. The lowest BCUT2D eigenvalue weighted by molar-refractivity contribution is -0.125. The first-order chi connectivity index (χ1) is 9.61. The fourth-order valence-electron chi connectivity index (χ4n) is 2.47. The normalized spacial score (nSPS) is 20.5. The molecule has 2 atom stereocenters. The van der Waals surface area contributed by atoms with Crippen LogP contribution in [0.4, 0.5) is 5.69 Å². The molecule has 0 spiro atoms. The summed E-state index contributed by atoms with van der Waals surface area (Å²) < 4.78 is 0. The van der Waals surface area contributed by atoms with Crippen molar-refractivity contribution in [1.82, 2.24) is 10.6 Å². The fourth-order valence-corrected chi connectivity index (χ4v) is 2.47. The first-order valence-corrected chi connectivity index (χ1v) is 6.94. The van der Waals surface area contributed by atoms with Gasteiger partial charge in [0.1, 0.15) is 0 Å². The van der Waals surface area contributed by atoms with E-state index in [1.807, 2.05) is 31.2 Å². The molecule has 5 heteroatoms. The van der Waals surface area contributed by atoms with Gasteiger partial charge in [-0.3, -0.25) is 9.59 Å². The summed E-state index contributed by atoms with van der Waals surface area (Å²) in [5, 5.41) is 8.74. The number of fused-ring (bicyclic) bond motifs is 1. The molecule has 1 aromatic carbocycles. The van der Waals surface area contributed by atoms with Gasteiger partial charge in [0, 0.05) is 31.7 Å². The zero-order valence-electron chi connectivity index (χ0n) is 11.9. The van der Waals surface area contributed by atoms with Crippen LogP contribution in [0.15, 0.2) is 24.3 Å². The van der Waals surface area contributed by atoms with Crippen LogP contribution < -0.4 is 16.0 Å². The molecule has 0 saturated heterocycles. The second-order valence-corrected chi connectivity index (χ2v) is 5.11.